The molecule has 0 radical (unpaired) electrons. The van der Waals surface area contributed by atoms with E-state index in [0.717, 1.165) is 22.6 Å². The van der Waals surface area contributed by atoms with Crippen LogP contribution in [0.3, 0.4) is 0 Å². The van der Waals surface area contributed by atoms with Crippen molar-refractivity contribution < 1.29 is 0 Å². The van der Waals surface area contributed by atoms with Gasteiger partial charge in [0.05, 0.1) is 11.2 Å². The maximum atomic E-state index is 6.19. The van der Waals surface area contributed by atoms with Crippen LogP contribution in [0.1, 0.15) is 23.7 Å². The van der Waals surface area contributed by atoms with Gasteiger partial charge in [-0.2, -0.15) is 0 Å². The third-order valence-corrected chi connectivity index (χ3v) is 3.52. The third kappa shape index (κ3) is 1.97. The Morgan fingerprint density at radius 2 is 2.00 bits per heavy atom. The molecule has 0 fully saturated rings. The number of nitrogens with one attached hydrogen (secondary N) is 1. The Kier molecular flexibility index (Phi) is 2.56. The molecule has 3 rings (SSSR count). The number of fused-ring (bicyclic) bond motifs is 1. The Balaban J connectivity index is 2.11. The van der Waals surface area contributed by atoms with Gasteiger partial charge in [0.2, 0.25) is 0 Å². The highest BCUT2D eigenvalue weighted by Crippen LogP contribution is 2.36. The molecule has 2 heterocycles. The molecular formula is C16H17N3. The SMILES string of the molecule is Cc1ccnc(C2(C)C=C(N)c3ccccc3N2)c1. The number of nitrogens with two attached hydrogens (primary N) is 1. The number of hydrogen-bond acceptors (Lipinski definition) is 3. The average Bonchev–Trinajstić information content (AvgIpc) is 2.38. The molecule has 3 nitrogen and oxygen atoms in total. The molecule has 1 aromatic heterocycles. The maximum Gasteiger partial charge on any atom is 0.0976 e. The van der Waals surface area contributed by atoms with E-state index in [0.29, 0.717) is 0 Å². The first-order chi connectivity index (χ1) is 9.08. The zero-order valence-corrected chi connectivity index (χ0v) is 11.1. The fraction of sp³-hybridized carbons (Fsp3) is 0.188. The highest BCUT2D eigenvalue weighted by molar-refractivity contribution is 5.79. The van der Waals surface area contributed by atoms with E-state index in [1.165, 1.54) is 5.56 Å². The summed E-state index contributed by atoms with van der Waals surface area (Å²) in [5.41, 5.74) is 10.9. The fourth-order valence-electron chi connectivity index (χ4n) is 2.51. The van der Waals surface area contributed by atoms with Crippen LogP contribution in [-0.2, 0) is 5.54 Å². The molecule has 0 bridgehead atoms. The first-order valence-corrected chi connectivity index (χ1v) is 6.37. The van der Waals surface area contributed by atoms with Crippen molar-refractivity contribution in [2.75, 3.05) is 5.32 Å². The lowest BCUT2D eigenvalue weighted by atomic mass is 9.89. The van der Waals surface area contributed by atoms with Crippen LogP contribution in [0, 0.1) is 6.92 Å². The van der Waals surface area contributed by atoms with Crippen molar-refractivity contribution in [2.24, 2.45) is 5.73 Å². The van der Waals surface area contributed by atoms with Crippen LogP contribution in [0.15, 0.2) is 48.7 Å². The Hall–Kier alpha value is -2.29. The summed E-state index contributed by atoms with van der Waals surface area (Å²) in [6.45, 7) is 4.16. The van der Waals surface area contributed by atoms with Crippen LogP contribution in [-0.4, -0.2) is 4.98 Å². The van der Waals surface area contributed by atoms with E-state index in [2.05, 4.69) is 30.2 Å². The second-order valence-corrected chi connectivity index (χ2v) is 5.19. The molecule has 1 atom stereocenters. The molecule has 3 heteroatoms. The molecule has 0 saturated carbocycles. The normalized spacial score (nSPS) is 21.3. The maximum absolute atomic E-state index is 6.19. The first kappa shape index (κ1) is 11.8. The number of hydrogen-bond donors (Lipinski definition) is 2. The number of nitrogens with zero attached hydrogens (tertiary/aromatic N) is 1. The van der Waals surface area contributed by atoms with Crippen molar-refractivity contribution in [3.63, 3.8) is 0 Å². The van der Waals surface area contributed by atoms with E-state index in [1.54, 1.807) is 0 Å². The van der Waals surface area contributed by atoms with Crippen molar-refractivity contribution in [3.05, 3.63) is 65.5 Å². The van der Waals surface area contributed by atoms with Crippen molar-refractivity contribution in [1.82, 2.24) is 4.98 Å². The number of aromatic nitrogens is 1. The molecule has 1 aliphatic heterocycles. The van der Waals surface area contributed by atoms with Gasteiger partial charge in [-0.1, -0.05) is 18.2 Å². The van der Waals surface area contributed by atoms with Crippen molar-refractivity contribution >= 4 is 11.4 Å². The molecular weight excluding hydrogens is 234 g/mol. The fourth-order valence-corrected chi connectivity index (χ4v) is 2.51. The van der Waals surface area contributed by atoms with Gasteiger partial charge >= 0.3 is 0 Å². The Morgan fingerprint density at radius 1 is 1.21 bits per heavy atom. The van der Waals surface area contributed by atoms with Crippen LogP contribution in [0.4, 0.5) is 5.69 Å². The highest BCUT2D eigenvalue weighted by Gasteiger charge is 2.30. The predicted octanol–water partition coefficient (Wildman–Crippen LogP) is 3.03. The Bertz CT molecular complexity index is 661. The minimum Gasteiger partial charge on any atom is -0.398 e. The van der Waals surface area contributed by atoms with Crippen LogP contribution in [0.2, 0.25) is 0 Å². The Morgan fingerprint density at radius 3 is 2.79 bits per heavy atom. The summed E-state index contributed by atoms with van der Waals surface area (Å²) in [4.78, 5) is 4.48. The van der Waals surface area contributed by atoms with E-state index in [-0.39, 0.29) is 5.54 Å². The summed E-state index contributed by atoms with van der Waals surface area (Å²) >= 11 is 0. The first-order valence-electron chi connectivity index (χ1n) is 6.37. The predicted molar refractivity (Wildman–Crippen MR) is 78.6 cm³/mol. The Labute approximate surface area is 113 Å². The number of benzene rings is 1. The number of pyridine rings is 1. The van der Waals surface area contributed by atoms with Crippen LogP contribution < -0.4 is 11.1 Å². The number of para-hydroxylation sites is 1. The lowest BCUT2D eigenvalue weighted by Gasteiger charge is -2.34. The minimum atomic E-state index is -0.371. The van der Waals surface area contributed by atoms with Gasteiger partial charge in [0.1, 0.15) is 0 Å². The summed E-state index contributed by atoms with van der Waals surface area (Å²) in [5, 5.41) is 3.53. The zero-order valence-electron chi connectivity index (χ0n) is 11.1. The van der Waals surface area contributed by atoms with Gasteiger partial charge in [-0.05, 0) is 43.7 Å². The van der Waals surface area contributed by atoms with E-state index in [9.17, 15) is 0 Å². The van der Waals surface area contributed by atoms with Gasteiger partial charge < -0.3 is 11.1 Å². The molecule has 1 aliphatic rings. The van der Waals surface area contributed by atoms with Gasteiger partial charge in [-0.25, -0.2) is 0 Å². The topological polar surface area (TPSA) is 50.9 Å². The monoisotopic (exact) mass is 251 g/mol. The van der Waals surface area contributed by atoms with Gasteiger partial charge in [0.15, 0.2) is 0 Å². The van der Waals surface area contributed by atoms with Crippen molar-refractivity contribution in [3.8, 4) is 0 Å². The molecule has 96 valence electrons. The van der Waals surface area contributed by atoms with Crippen molar-refractivity contribution in [2.45, 2.75) is 19.4 Å². The van der Waals surface area contributed by atoms with Crippen LogP contribution in [0.5, 0.6) is 0 Å². The molecule has 0 spiro atoms. The molecule has 0 saturated heterocycles. The van der Waals surface area contributed by atoms with Gasteiger partial charge in [0, 0.05) is 23.1 Å². The summed E-state index contributed by atoms with van der Waals surface area (Å²) in [5.74, 6) is 0. The summed E-state index contributed by atoms with van der Waals surface area (Å²) in [7, 11) is 0. The molecule has 1 aromatic carbocycles. The molecule has 19 heavy (non-hydrogen) atoms. The number of anilines is 1. The van der Waals surface area contributed by atoms with Gasteiger partial charge in [-0.3, -0.25) is 4.98 Å². The third-order valence-electron chi connectivity index (χ3n) is 3.52. The second kappa shape index (κ2) is 4.12. The van der Waals surface area contributed by atoms with E-state index in [4.69, 9.17) is 5.73 Å². The molecule has 1 unspecified atom stereocenters. The van der Waals surface area contributed by atoms with Crippen molar-refractivity contribution in [1.29, 1.82) is 0 Å². The van der Waals surface area contributed by atoms with Crippen LogP contribution in [0.25, 0.3) is 5.70 Å². The smallest absolute Gasteiger partial charge is 0.0976 e. The summed E-state index contributed by atoms with van der Waals surface area (Å²) in [6.07, 6.45) is 3.87. The second-order valence-electron chi connectivity index (χ2n) is 5.19. The lowest BCUT2D eigenvalue weighted by Crippen LogP contribution is -2.34. The average molecular weight is 251 g/mol. The number of aryl methyl sites for hydroxylation is 1. The summed E-state index contributed by atoms with van der Waals surface area (Å²) in [6, 6.07) is 12.2. The zero-order chi connectivity index (χ0) is 13.5. The van der Waals surface area contributed by atoms with Crippen LogP contribution >= 0.6 is 0 Å². The summed E-state index contributed by atoms with van der Waals surface area (Å²) < 4.78 is 0. The standard InChI is InChI=1S/C16H17N3/c1-11-7-8-18-15(9-11)16(2)10-13(17)12-5-3-4-6-14(12)19-16/h3-10,19H,17H2,1-2H3. The molecule has 2 aromatic rings. The quantitative estimate of drug-likeness (QED) is 0.819. The molecule has 0 aliphatic carbocycles. The molecule has 3 N–H and O–H groups in total. The van der Waals surface area contributed by atoms with Gasteiger partial charge in [0.25, 0.3) is 0 Å². The molecule has 0 amide bonds. The largest absolute Gasteiger partial charge is 0.398 e. The van der Waals surface area contributed by atoms with E-state index < -0.39 is 0 Å². The minimum absolute atomic E-state index is 0.371. The van der Waals surface area contributed by atoms with Gasteiger partial charge in [-0.15, -0.1) is 0 Å². The van der Waals surface area contributed by atoms with E-state index in [1.807, 2.05) is 42.6 Å². The highest BCUT2D eigenvalue weighted by atomic mass is 15.0. The van der Waals surface area contributed by atoms with E-state index >= 15 is 0 Å². The number of rotatable bonds is 1. The lowest BCUT2D eigenvalue weighted by molar-refractivity contribution is 0.656.